The molecular weight excluding hydrogens is 250 g/mol. The van der Waals surface area contributed by atoms with E-state index in [0.717, 1.165) is 6.07 Å². The summed E-state index contributed by atoms with van der Waals surface area (Å²) in [7, 11) is 0. The van der Waals surface area contributed by atoms with Crippen LogP contribution in [0.4, 0.5) is 0 Å². The van der Waals surface area contributed by atoms with Crippen LogP contribution in [0.2, 0.25) is 5.02 Å². The molecule has 0 saturated heterocycles. The van der Waals surface area contributed by atoms with E-state index in [1.165, 1.54) is 12.1 Å². The maximum Gasteiger partial charge on any atom is 0.334 e. The van der Waals surface area contributed by atoms with Crippen molar-refractivity contribution in [3.8, 4) is 5.75 Å². The van der Waals surface area contributed by atoms with E-state index in [4.69, 9.17) is 26.9 Å². The molecule has 1 aromatic rings. The van der Waals surface area contributed by atoms with Crippen molar-refractivity contribution < 1.29 is 24.9 Å². The Labute approximate surface area is 101 Å². The quantitative estimate of drug-likeness (QED) is 0.619. The van der Waals surface area contributed by atoms with Gasteiger partial charge in [-0.1, -0.05) is 11.6 Å². The number of carboxylic acid groups (broad SMARTS) is 1. The van der Waals surface area contributed by atoms with Crippen LogP contribution in [-0.2, 0) is 4.79 Å². The van der Waals surface area contributed by atoms with Gasteiger partial charge in [-0.05, 0) is 18.2 Å². The molecule has 0 bridgehead atoms. The van der Waals surface area contributed by atoms with Crippen molar-refractivity contribution in [3.63, 3.8) is 0 Å². The second-order valence-electron chi connectivity index (χ2n) is 3.23. The first-order chi connectivity index (χ1) is 7.91. The number of aliphatic carboxylic acids is 1. The molecule has 1 amide bonds. The number of nitrogens with one attached hydrogen (secondary N) is 1. The average Bonchev–Trinajstić information content (AvgIpc) is 2.28. The molecule has 1 rings (SSSR count). The van der Waals surface area contributed by atoms with Crippen LogP contribution in [0.1, 0.15) is 10.4 Å². The maximum absolute atomic E-state index is 11.5. The van der Waals surface area contributed by atoms with Crippen molar-refractivity contribution in [2.24, 2.45) is 0 Å². The number of benzene rings is 1. The Kier molecular flexibility index (Phi) is 4.30. The highest BCUT2D eigenvalue weighted by Crippen LogP contribution is 2.20. The number of aliphatic hydroxyl groups is 1. The number of hydrogen-bond donors (Lipinski definition) is 4. The van der Waals surface area contributed by atoms with E-state index >= 15 is 0 Å². The van der Waals surface area contributed by atoms with E-state index in [2.05, 4.69) is 5.32 Å². The average molecular weight is 260 g/mol. The van der Waals surface area contributed by atoms with Gasteiger partial charge in [-0.2, -0.15) is 0 Å². The lowest BCUT2D eigenvalue weighted by Crippen LogP contribution is -2.36. The second-order valence-corrected chi connectivity index (χ2v) is 3.64. The third-order valence-electron chi connectivity index (χ3n) is 1.94. The van der Waals surface area contributed by atoms with E-state index in [1.807, 2.05) is 0 Å². The Morgan fingerprint density at radius 2 is 2.06 bits per heavy atom. The molecule has 4 N–H and O–H groups in total. The van der Waals surface area contributed by atoms with Crippen LogP contribution in [0, 0.1) is 0 Å². The fourth-order valence-electron chi connectivity index (χ4n) is 1.06. The predicted molar refractivity (Wildman–Crippen MR) is 59.1 cm³/mol. The van der Waals surface area contributed by atoms with Crippen molar-refractivity contribution in [1.29, 1.82) is 0 Å². The first-order valence-corrected chi connectivity index (χ1v) is 4.97. The highest BCUT2D eigenvalue weighted by molar-refractivity contribution is 6.33. The van der Waals surface area contributed by atoms with Crippen molar-refractivity contribution in [2.75, 3.05) is 6.54 Å². The lowest BCUT2D eigenvalue weighted by atomic mass is 10.2. The molecule has 0 heterocycles. The monoisotopic (exact) mass is 259 g/mol. The van der Waals surface area contributed by atoms with Crippen LogP contribution < -0.4 is 5.32 Å². The SMILES string of the molecule is O=C(NC[C@H](O)C(=O)O)c1cc(O)ccc1Cl. The number of carbonyl (C=O) groups excluding carboxylic acids is 1. The van der Waals surface area contributed by atoms with Crippen molar-refractivity contribution in [2.45, 2.75) is 6.10 Å². The topological polar surface area (TPSA) is 107 Å². The number of rotatable bonds is 4. The van der Waals surface area contributed by atoms with Crippen LogP contribution >= 0.6 is 11.6 Å². The molecule has 92 valence electrons. The molecule has 6 nitrogen and oxygen atoms in total. The molecule has 0 aliphatic rings. The maximum atomic E-state index is 11.5. The first-order valence-electron chi connectivity index (χ1n) is 4.59. The summed E-state index contributed by atoms with van der Waals surface area (Å²) in [6.45, 7) is -0.444. The fraction of sp³-hybridized carbons (Fsp3) is 0.200. The second kappa shape index (κ2) is 5.51. The van der Waals surface area contributed by atoms with Crippen LogP contribution in [-0.4, -0.2) is 39.8 Å². The number of hydrogen-bond acceptors (Lipinski definition) is 4. The van der Waals surface area contributed by atoms with E-state index in [1.54, 1.807) is 0 Å². The van der Waals surface area contributed by atoms with Gasteiger partial charge in [-0.3, -0.25) is 4.79 Å². The zero-order chi connectivity index (χ0) is 13.0. The standard InChI is InChI=1S/C10H10ClNO5/c11-7-2-1-5(13)3-6(7)9(15)12-4-8(14)10(16)17/h1-3,8,13-14H,4H2,(H,12,15)(H,16,17)/t8-/m0/s1. The third kappa shape index (κ3) is 3.61. The van der Waals surface area contributed by atoms with Gasteiger partial charge < -0.3 is 20.6 Å². The van der Waals surface area contributed by atoms with E-state index in [0.29, 0.717) is 0 Å². The Hall–Kier alpha value is -1.79. The highest BCUT2D eigenvalue weighted by atomic mass is 35.5. The number of amides is 1. The Balaban J connectivity index is 2.70. The molecule has 0 fully saturated rings. The fourth-order valence-corrected chi connectivity index (χ4v) is 1.26. The summed E-state index contributed by atoms with van der Waals surface area (Å²) in [4.78, 5) is 21.8. The molecule has 0 radical (unpaired) electrons. The number of carbonyl (C=O) groups is 2. The third-order valence-corrected chi connectivity index (χ3v) is 2.27. The van der Waals surface area contributed by atoms with Gasteiger partial charge in [0.15, 0.2) is 6.10 Å². The van der Waals surface area contributed by atoms with Crippen LogP contribution in [0.25, 0.3) is 0 Å². The summed E-state index contributed by atoms with van der Waals surface area (Å²) >= 11 is 5.72. The Bertz CT molecular complexity index is 448. The van der Waals surface area contributed by atoms with Gasteiger partial charge in [0.05, 0.1) is 17.1 Å². The van der Waals surface area contributed by atoms with Crippen LogP contribution in [0.15, 0.2) is 18.2 Å². The van der Waals surface area contributed by atoms with Gasteiger partial charge in [-0.15, -0.1) is 0 Å². The summed E-state index contributed by atoms with van der Waals surface area (Å²) in [6, 6.07) is 3.79. The zero-order valence-electron chi connectivity index (χ0n) is 8.55. The molecule has 0 aliphatic carbocycles. The number of aromatic hydroxyl groups is 1. The Morgan fingerprint density at radius 1 is 1.41 bits per heavy atom. The summed E-state index contributed by atoms with van der Waals surface area (Å²) < 4.78 is 0. The highest BCUT2D eigenvalue weighted by Gasteiger charge is 2.16. The number of phenols is 1. The van der Waals surface area contributed by atoms with Gasteiger partial charge in [0.1, 0.15) is 5.75 Å². The number of aliphatic hydroxyl groups excluding tert-OH is 1. The molecule has 7 heteroatoms. The zero-order valence-corrected chi connectivity index (χ0v) is 9.31. The summed E-state index contributed by atoms with van der Waals surface area (Å²) in [6.07, 6.45) is -1.69. The molecule has 0 aliphatic heterocycles. The molecule has 17 heavy (non-hydrogen) atoms. The van der Waals surface area contributed by atoms with E-state index < -0.39 is 24.5 Å². The minimum atomic E-state index is -1.69. The van der Waals surface area contributed by atoms with Crippen LogP contribution in [0.5, 0.6) is 5.75 Å². The molecule has 1 atom stereocenters. The molecule has 0 spiro atoms. The summed E-state index contributed by atoms with van der Waals surface area (Å²) in [5.41, 5.74) is 0.00394. The smallest absolute Gasteiger partial charge is 0.334 e. The molecule has 0 saturated carbocycles. The lowest BCUT2D eigenvalue weighted by Gasteiger charge is -2.09. The molecule has 0 unspecified atom stereocenters. The number of halogens is 1. The minimum absolute atomic E-state index is 0.00394. The van der Waals surface area contributed by atoms with Gasteiger partial charge in [0.2, 0.25) is 0 Å². The number of carboxylic acids is 1. The van der Waals surface area contributed by atoms with Gasteiger partial charge in [-0.25, -0.2) is 4.79 Å². The van der Waals surface area contributed by atoms with Crippen molar-refractivity contribution in [3.05, 3.63) is 28.8 Å². The first kappa shape index (κ1) is 13.3. The predicted octanol–water partition coefficient (Wildman–Crippen LogP) is 0.221. The minimum Gasteiger partial charge on any atom is -0.508 e. The Morgan fingerprint density at radius 3 is 2.65 bits per heavy atom. The van der Waals surface area contributed by atoms with Crippen LogP contribution in [0.3, 0.4) is 0 Å². The summed E-state index contributed by atoms with van der Waals surface area (Å²) in [5.74, 6) is -2.25. The lowest BCUT2D eigenvalue weighted by molar-refractivity contribution is -0.146. The normalized spacial score (nSPS) is 11.9. The van der Waals surface area contributed by atoms with Gasteiger partial charge in [0, 0.05) is 0 Å². The van der Waals surface area contributed by atoms with E-state index in [-0.39, 0.29) is 16.3 Å². The number of phenolic OH excluding ortho intramolecular Hbond substituents is 1. The van der Waals surface area contributed by atoms with Gasteiger partial charge >= 0.3 is 5.97 Å². The largest absolute Gasteiger partial charge is 0.508 e. The van der Waals surface area contributed by atoms with Crippen molar-refractivity contribution >= 4 is 23.5 Å². The molecule has 0 aromatic heterocycles. The van der Waals surface area contributed by atoms with Gasteiger partial charge in [0.25, 0.3) is 5.91 Å². The van der Waals surface area contributed by atoms with E-state index in [9.17, 15) is 9.59 Å². The van der Waals surface area contributed by atoms with Crippen molar-refractivity contribution in [1.82, 2.24) is 5.32 Å². The molecular formula is C10H10ClNO5. The molecule has 1 aromatic carbocycles. The summed E-state index contributed by atoms with van der Waals surface area (Å²) in [5, 5.41) is 28.8.